The van der Waals surface area contributed by atoms with Gasteiger partial charge < -0.3 is 5.11 Å². The second-order valence-electron chi connectivity index (χ2n) is 2.86. The number of amides is 1. The molecule has 1 atom stereocenters. The molecule has 0 spiro atoms. The molecule has 1 heterocycles. The van der Waals surface area contributed by atoms with Gasteiger partial charge in [-0.2, -0.15) is 8.42 Å². The Morgan fingerprint density at radius 2 is 2.08 bits per heavy atom. The van der Waals surface area contributed by atoms with Gasteiger partial charge in [-0.15, -0.1) is 0 Å². The Labute approximate surface area is 74.9 Å². The first-order valence-electron chi connectivity index (χ1n) is 3.55. The highest BCUT2D eigenvalue weighted by Gasteiger charge is 2.50. The maximum Gasteiger partial charge on any atom is 0.409 e. The van der Waals surface area contributed by atoms with Gasteiger partial charge in [0.05, 0.1) is 0 Å². The molecule has 1 aliphatic heterocycles. The molecular weight excluding hydrogens is 200 g/mol. The van der Waals surface area contributed by atoms with Crippen LogP contribution < -0.4 is 5.73 Å². The van der Waals surface area contributed by atoms with Gasteiger partial charge in [0.2, 0.25) is 4.99 Å². The van der Waals surface area contributed by atoms with E-state index in [1.807, 2.05) is 0 Å². The summed E-state index contributed by atoms with van der Waals surface area (Å²) in [6, 6.07) is 0. The van der Waals surface area contributed by atoms with Gasteiger partial charge >= 0.3 is 16.2 Å². The molecule has 0 aliphatic carbocycles. The molecule has 1 unspecified atom stereocenters. The molecule has 76 valence electrons. The smallest absolute Gasteiger partial charge is 0.409 e. The third-order valence-electron chi connectivity index (χ3n) is 2.05. The van der Waals surface area contributed by atoms with Crippen LogP contribution >= 0.6 is 0 Å². The molecule has 1 fully saturated rings. The average molecular weight is 210 g/mol. The zero-order valence-electron chi connectivity index (χ0n) is 6.67. The van der Waals surface area contributed by atoms with Crippen molar-refractivity contribution in [1.82, 2.24) is 4.90 Å². The molecule has 1 rings (SSSR count). The average Bonchev–Trinajstić information content (AvgIpc) is 2.30. The Morgan fingerprint density at radius 3 is 2.38 bits per heavy atom. The summed E-state index contributed by atoms with van der Waals surface area (Å²) in [5.41, 5.74) is 5.29. The molecule has 4 N–H and O–H groups in total. The lowest BCUT2D eigenvalue weighted by molar-refractivity contribution is 0.128. The first-order chi connectivity index (χ1) is 5.79. The third kappa shape index (κ3) is 1.47. The van der Waals surface area contributed by atoms with Crippen molar-refractivity contribution in [1.29, 1.82) is 0 Å². The minimum absolute atomic E-state index is 0.0195. The summed E-state index contributed by atoms with van der Waals surface area (Å²) >= 11 is 0. The van der Waals surface area contributed by atoms with Crippen LogP contribution in [0.1, 0.15) is 12.8 Å². The molecule has 7 nitrogen and oxygen atoms in total. The molecule has 0 aromatic rings. The zero-order chi connectivity index (χ0) is 10.3. The van der Waals surface area contributed by atoms with Gasteiger partial charge in [0.15, 0.2) is 0 Å². The van der Waals surface area contributed by atoms with Crippen LogP contribution in [-0.2, 0) is 10.1 Å². The second kappa shape index (κ2) is 2.82. The third-order valence-corrected chi connectivity index (χ3v) is 3.37. The molecule has 0 saturated carbocycles. The van der Waals surface area contributed by atoms with Crippen molar-refractivity contribution in [3.8, 4) is 0 Å². The lowest BCUT2D eigenvalue weighted by Crippen LogP contribution is -2.59. The monoisotopic (exact) mass is 210 g/mol. The number of nitrogens with zero attached hydrogens (tertiary/aromatic N) is 1. The number of rotatable bonds is 1. The van der Waals surface area contributed by atoms with E-state index in [1.54, 1.807) is 0 Å². The lowest BCUT2D eigenvalue weighted by atomic mass is 10.3. The quantitative estimate of drug-likeness (QED) is 0.490. The lowest BCUT2D eigenvalue weighted by Gasteiger charge is -2.28. The van der Waals surface area contributed by atoms with Crippen LogP contribution in [0, 0.1) is 0 Å². The van der Waals surface area contributed by atoms with Gasteiger partial charge in [0.1, 0.15) is 0 Å². The van der Waals surface area contributed by atoms with Crippen LogP contribution in [-0.4, -0.2) is 40.6 Å². The zero-order valence-corrected chi connectivity index (χ0v) is 7.49. The number of hydrogen-bond donors (Lipinski definition) is 3. The summed E-state index contributed by atoms with van der Waals surface area (Å²) in [6.45, 7) is 0.0195. The molecule has 0 bridgehead atoms. The van der Waals surface area contributed by atoms with Crippen molar-refractivity contribution in [2.24, 2.45) is 5.73 Å². The fraction of sp³-hybridized carbons (Fsp3) is 0.800. The van der Waals surface area contributed by atoms with Crippen molar-refractivity contribution in [3.63, 3.8) is 0 Å². The predicted octanol–water partition coefficient (Wildman–Crippen LogP) is -0.740. The Balaban J connectivity index is 3.09. The summed E-state index contributed by atoms with van der Waals surface area (Å²) in [4.78, 5) is 8.90. The summed E-state index contributed by atoms with van der Waals surface area (Å²) in [7, 11) is -4.57. The van der Waals surface area contributed by atoms with E-state index >= 15 is 0 Å². The van der Waals surface area contributed by atoms with Gasteiger partial charge in [-0.3, -0.25) is 15.2 Å². The maximum absolute atomic E-state index is 10.8. The molecule has 13 heavy (non-hydrogen) atoms. The highest BCUT2D eigenvalue weighted by atomic mass is 32.2. The van der Waals surface area contributed by atoms with E-state index in [4.69, 9.17) is 15.4 Å². The summed E-state index contributed by atoms with van der Waals surface area (Å²) in [6.07, 6.45) is -1.21. The van der Waals surface area contributed by atoms with Gasteiger partial charge in [-0.25, -0.2) is 4.79 Å². The number of carboxylic acid groups (broad SMARTS) is 1. The Hall–Kier alpha value is -0.860. The van der Waals surface area contributed by atoms with E-state index in [9.17, 15) is 13.2 Å². The van der Waals surface area contributed by atoms with Crippen LogP contribution in [0.15, 0.2) is 0 Å². The number of likely N-dealkylation sites (tertiary alicyclic amines) is 1. The highest BCUT2D eigenvalue weighted by Crippen LogP contribution is 2.28. The first-order valence-corrected chi connectivity index (χ1v) is 4.99. The topological polar surface area (TPSA) is 121 Å². The second-order valence-corrected chi connectivity index (χ2v) is 4.51. The number of carbonyl (C=O) groups is 1. The van der Waals surface area contributed by atoms with Crippen molar-refractivity contribution < 1.29 is 22.9 Å². The van der Waals surface area contributed by atoms with Crippen molar-refractivity contribution in [2.45, 2.75) is 17.8 Å². The molecule has 1 amide bonds. The maximum atomic E-state index is 10.8. The fourth-order valence-electron chi connectivity index (χ4n) is 1.34. The van der Waals surface area contributed by atoms with E-state index in [1.165, 1.54) is 0 Å². The Morgan fingerprint density at radius 1 is 1.54 bits per heavy atom. The van der Waals surface area contributed by atoms with Crippen LogP contribution in [0.3, 0.4) is 0 Å². The largest absolute Gasteiger partial charge is 0.465 e. The van der Waals surface area contributed by atoms with Crippen molar-refractivity contribution in [2.75, 3.05) is 6.54 Å². The van der Waals surface area contributed by atoms with E-state index < -0.39 is 21.2 Å². The van der Waals surface area contributed by atoms with Crippen LogP contribution in [0.2, 0.25) is 0 Å². The normalized spacial score (nSPS) is 29.2. The molecule has 0 radical (unpaired) electrons. The summed E-state index contributed by atoms with van der Waals surface area (Å²) < 4.78 is 30.3. The van der Waals surface area contributed by atoms with E-state index in [0.717, 1.165) is 0 Å². The number of hydrogen-bond acceptors (Lipinski definition) is 4. The molecule has 1 saturated heterocycles. The summed E-state index contributed by atoms with van der Waals surface area (Å²) in [5, 5.41) is 8.58. The van der Waals surface area contributed by atoms with Gasteiger partial charge in [0, 0.05) is 13.0 Å². The van der Waals surface area contributed by atoms with E-state index in [-0.39, 0.29) is 13.0 Å². The van der Waals surface area contributed by atoms with E-state index in [0.29, 0.717) is 11.3 Å². The van der Waals surface area contributed by atoms with Crippen LogP contribution in [0.5, 0.6) is 0 Å². The molecule has 0 aromatic carbocycles. The minimum Gasteiger partial charge on any atom is -0.465 e. The van der Waals surface area contributed by atoms with Gasteiger partial charge in [0.25, 0.3) is 0 Å². The fourth-order valence-corrected chi connectivity index (χ4v) is 2.19. The van der Waals surface area contributed by atoms with Crippen LogP contribution in [0.4, 0.5) is 4.79 Å². The Bertz CT molecular complexity index is 326. The predicted molar refractivity (Wildman–Crippen MR) is 42.4 cm³/mol. The minimum atomic E-state index is -4.57. The highest BCUT2D eigenvalue weighted by molar-refractivity contribution is 7.87. The van der Waals surface area contributed by atoms with Crippen molar-refractivity contribution in [3.05, 3.63) is 0 Å². The van der Waals surface area contributed by atoms with Crippen molar-refractivity contribution >= 4 is 16.2 Å². The molecule has 1 aliphatic rings. The van der Waals surface area contributed by atoms with Crippen LogP contribution in [0.25, 0.3) is 0 Å². The standard InChI is InChI=1S/C5H10N2O5S/c6-5(13(10,11)12)2-1-3-7(5)4(8)9/h1-3,6H2,(H,8,9)(H,10,11,12). The molecule has 0 aromatic heterocycles. The Kier molecular flexibility index (Phi) is 2.22. The first kappa shape index (κ1) is 10.2. The van der Waals surface area contributed by atoms with Gasteiger partial charge in [-0.05, 0) is 6.42 Å². The van der Waals surface area contributed by atoms with Gasteiger partial charge in [-0.1, -0.05) is 0 Å². The van der Waals surface area contributed by atoms with E-state index in [2.05, 4.69) is 0 Å². The summed E-state index contributed by atoms with van der Waals surface area (Å²) in [5.74, 6) is 0. The molecular formula is C5H10N2O5S. The number of nitrogens with two attached hydrogens (primary N) is 1. The molecule has 8 heteroatoms. The SMILES string of the molecule is NC1(S(=O)(=O)O)CCCN1C(=O)O.